The van der Waals surface area contributed by atoms with E-state index < -0.39 is 5.97 Å². The standard InChI is InChI=1S/C13H17N3O2/c1-8(2)6-11-15-12(13(17)18)10-7-9(14-3)4-5-16(10)11/h4-5,7-8,14H,6H2,1-3H3,(H,17,18). The molecule has 18 heavy (non-hydrogen) atoms. The molecule has 96 valence electrons. The molecular formula is C13H17N3O2. The van der Waals surface area contributed by atoms with Crippen LogP contribution in [0.4, 0.5) is 5.69 Å². The molecule has 0 fully saturated rings. The summed E-state index contributed by atoms with van der Waals surface area (Å²) in [5.41, 5.74) is 1.62. The van der Waals surface area contributed by atoms with Crippen LogP contribution in [-0.4, -0.2) is 27.5 Å². The van der Waals surface area contributed by atoms with Gasteiger partial charge in [0.05, 0.1) is 5.52 Å². The Hall–Kier alpha value is -2.04. The van der Waals surface area contributed by atoms with Gasteiger partial charge in [0.2, 0.25) is 0 Å². The van der Waals surface area contributed by atoms with Gasteiger partial charge in [-0.2, -0.15) is 0 Å². The van der Waals surface area contributed by atoms with Gasteiger partial charge in [-0.1, -0.05) is 13.8 Å². The van der Waals surface area contributed by atoms with Crippen molar-refractivity contribution < 1.29 is 9.90 Å². The number of aromatic carboxylic acids is 1. The van der Waals surface area contributed by atoms with Gasteiger partial charge in [-0.3, -0.25) is 0 Å². The average Bonchev–Trinajstić information content (AvgIpc) is 2.66. The van der Waals surface area contributed by atoms with Gasteiger partial charge in [0.25, 0.3) is 0 Å². The van der Waals surface area contributed by atoms with E-state index >= 15 is 0 Å². The van der Waals surface area contributed by atoms with Crippen LogP contribution in [0.2, 0.25) is 0 Å². The number of hydrogen-bond donors (Lipinski definition) is 2. The van der Waals surface area contributed by atoms with Crippen molar-refractivity contribution in [1.29, 1.82) is 0 Å². The molecule has 5 heteroatoms. The summed E-state index contributed by atoms with van der Waals surface area (Å²) < 4.78 is 1.85. The van der Waals surface area contributed by atoms with Crippen molar-refractivity contribution in [2.75, 3.05) is 12.4 Å². The van der Waals surface area contributed by atoms with Crippen LogP contribution in [0.5, 0.6) is 0 Å². The predicted molar refractivity (Wildman–Crippen MR) is 70.2 cm³/mol. The monoisotopic (exact) mass is 247 g/mol. The first-order valence-electron chi connectivity index (χ1n) is 5.95. The Labute approximate surface area is 105 Å². The SMILES string of the molecule is CNc1ccn2c(CC(C)C)nc(C(=O)O)c2c1. The quantitative estimate of drug-likeness (QED) is 0.869. The van der Waals surface area contributed by atoms with Gasteiger partial charge in [0.1, 0.15) is 5.82 Å². The summed E-state index contributed by atoms with van der Waals surface area (Å²) in [7, 11) is 1.80. The van der Waals surface area contributed by atoms with Crippen molar-refractivity contribution in [2.24, 2.45) is 5.92 Å². The summed E-state index contributed by atoms with van der Waals surface area (Å²) in [6, 6.07) is 3.71. The molecule has 0 amide bonds. The highest BCUT2D eigenvalue weighted by molar-refractivity contribution is 5.94. The van der Waals surface area contributed by atoms with Crippen LogP contribution >= 0.6 is 0 Å². The number of imidazole rings is 1. The maximum absolute atomic E-state index is 11.2. The lowest BCUT2D eigenvalue weighted by Gasteiger charge is -2.05. The number of nitrogens with one attached hydrogen (secondary N) is 1. The summed E-state index contributed by atoms with van der Waals surface area (Å²) in [4.78, 5) is 15.5. The van der Waals surface area contributed by atoms with Gasteiger partial charge in [0, 0.05) is 25.4 Å². The zero-order chi connectivity index (χ0) is 13.3. The fourth-order valence-electron chi connectivity index (χ4n) is 1.97. The predicted octanol–water partition coefficient (Wildman–Crippen LogP) is 2.27. The highest BCUT2D eigenvalue weighted by Crippen LogP contribution is 2.19. The second kappa shape index (κ2) is 4.68. The van der Waals surface area contributed by atoms with E-state index in [-0.39, 0.29) is 5.69 Å². The first kappa shape index (κ1) is 12.4. The van der Waals surface area contributed by atoms with Crippen LogP contribution in [0, 0.1) is 5.92 Å². The second-order valence-corrected chi connectivity index (χ2v) is 4.70. The summed E-state index contributed by atoms with van der Waals surface area (Å²) >= 11 is 0. The minimum Gasteiger partial charge on any atom is -0.476 e. The smallest absolute Gasteiger partial charge is 0.356 e. The fraction of sp³-hybridized carbons (Fsp3) is 0.385. The van der Waals surface area contributed by atoms with E-state index in [1.807, 2.05) is 16.7 Å². The largest absolute Gasteiger partial charge is 0.476 e. The number of carboxylic acid groups (broad SMARTS) is 1. The summed E-state index contributed by atoms with van der Waals surface area (Å²) in [6.45, 7) is 4.17. The highest BCUT2D eigenvalue weighted by Gasteiger charge is 2.17. The van der Waals surface area contributed by atoms with E-state index in [1.54, 1.807) is 13.1 Å². The van der Waals surface area contributed by atoms with E-state index in [0.29, 0.717) is 11.4 Å². The van der Waals surface area contributed by atoms with Crippen molar-refractivity contribution >= 4 is 17.2 Å². The summed E-state index contributed by atoms with van der Waals surface area (Å²) in [5.74, 6) is 0.233. The van der Waals surface area contributed by atoms with E-state index in [1.165, 1.54) is 0 Å². The molecular weight excluding hydrogens is 230 g/mol. The van der Waals surface area contributed by atoms with E-state index in [0.717, 1.165) is 17.9 Å². The lowest BCUT2D eigenvalue weighted by atomic mass is 10.1. The number of fused-ring (bicyclic) bond motifs is 1. The third-order valence-electron chi connectivity index (χ3n) is 2.80. The van der Waals surface area contributed by atoms with Crippen molar-refractivity contribution in [3.8, 4) is 0 Å². The summed E-state index contributed by atoms with van der Waals surface area (Å²) in [6.07, 6.45) is 2.62. The molecule has 0 aliphatic rings. The molecule has 0 saturated carbocycles. The van der Waals surface area contributed by atoms with Crippen molar-refractivity contribution in [2.45, 2.75) is 20.3 Å². The van der Waals surface area contributed by atoms with Crippen LogP contribution in [-0.2, 0) is 6.42 Å². The van der Waals surface area contributed by atoms with E-state index in [9.17, 15) is 9.90 Å². The van der Waals surface area contributed by atoms with Crippen LogP contribution in [0.1, 0.15) is 30.2 Å². The Morgan fingerprint density at radius 1 is 1.56 bits per heavy atom. The van der Waals surface area contributed by atoms with Crippen molar-refractivity contribution in [3.05, 3.63) is 29.8 Å². The van der Waals surface area contributed by atoms with Crippen LogP contribution in [0.3, 0.4) is 0 Å². The number of pyridine rings is 1. The van der Waals surface area contributed by atoms with Crippen molar-refractivity contribution in [3.63, 3.8) is 0 Å². The minimum atomic E-state index is -0.990. The molecule has 2 aromatic rings. The molecule has 2 rings (SSSR count). The number of carbonyl (C=O) groups is 1. The maximum Gasteiger partial charge on any atom is 0.356 e. The Bertz CT molecular complexity index is 587. The zero-order valence-corrected chi connectivity index (χ0v) is 10.8. The van der Waals surface area contributed by atoms with Crippen LogP contribution in [0.25, 0.3) is 5.52 Å². The average molecular weight is 247 g/mol. The van der Waals surface area contributed by atoms with Gasteiger partial charge in [0.15, 0.2) is 5.69 Å². The highest BCUT2D eigenvalue weighted by atomic mass is 16.4. The van der Waals surface area contributed by atoms with E-state index in [2.05, 4.69) is 24.1 Å². The third-order valence-corrected chi connectivity index (χ3v) is 2.80. The van der Waals surface area contributed by atoms with Gasteiger partial charge < -0.3 is 14.8 Å². The molecule has 0 radical (unpaired) electrons. The summed E-state index contributed by atoms with van der Waals surface area (Å²) in [5, 5.41) is 12.2. The minimum absolute atomic E-state index is 0.114. The molecule has 2 N–H and O–H groups in total. The Morgan fingerprint density at radius 3 is 2.83 bits per heavy atom. The maximum atomic E-state index is 11.2. The lowest BCUT2D eigenvalue weighted by Crippen LogP contribution is -2.00. The fourth-order valence-corrected chi connectivity index (χ4v) is 1.97. The first-order chi connectivity index (χ1) is 8.52. The van der Waals surface area contributed by atoms with Crippen LogP contribution < -0.4 is 5.32 Å². The molecule has 0 unspecified atom stereocenters. The van der Waals surface area contributed by atoms with Gasteiger partial charge in [-0.05, 0) is 18.1 Å². The molecule has 0 bridgehead atoms. The van der Waals surface area contributed by atoms with E-state index in [4.69, 9.17) is 0 Å². The molecule has 0 spiro atoms. The second-order valence-electron chi connectivity index (χ2n) is 4.70. The van der Waals surface area contributed by atoms with Gasteiger partial charge in [-0.15, -0.1) is 0 Å². The Kier molecular flexibility index (Phi) is 3.23. The molecule has 2 heterocycles. The van der Waals surface area contributed by atoms with Gasteiger partial charge in [-0.25, -0.2) is 9.78 Å². The number of aromatic nitrogens is 2. The van der Waals surface area contributed by atoms with Gasteiger partial charge >= 0.3 is 5.97 Å². The molecule has 5 nitrogen and oxygen atoms in total. The molecule has 2 aromatic heterocycles. The van der Waals surface area contributed by atoms with Crippen LogP contribution in [0.15, 0.2) is 18.3 Å². The molecule has 0 saturated heterocycles. The zero-order valence-electron chi connectivity index (χ0n) is 10.8. The Morgan fingerprint density at radius 2 is 2.28 bits per heavy atom. The molecule has 0 atom stereocenters. The first-order valence-corrected chi connectivity index (χ1v) is 5.95. The lowest BCUT2D eigenvalue weighted by molar-refractivity contribution is 0.0693. The normalized spacial score (nSPS) is 11.1. The molecule has 0 aliphatic carbocycles. The Balaban J connectivity index is 2.64. The number of hydrogen-bond acceptors (Lipinski definition) is 3. The third kappa shape index (κ3) is 2.16. The topological polar surface area (TPSA) is 66.6 Å². The molecule has 0 aromatic carbocycles. The molecule has 0 aliphatic heterocycles. The number of anilines is 1. The number of carboxylic acids is 1. The van der Waals surface area contributed by atoms with Crippen molar-refractivity contribution in [1.82, 2.24) is 9.38 Å². The number of rotatable bonds is 4. The number of nitrogens with zero attached hydrogens (tertiary/aromatic N) is 2.